The molecule has 0 aliphatic rings. The van der Waals surface area contributed by atoms with Crippen LogP contribution in [0.1, 0.15) is 6.42 Å². The molecule has 0 bridgehead atoms. The Labute approximate surface area is 91.2 Å². The Morgan fingerprint density at radius 3 is 3.07 bits per heavy atom. The minimum Gasteiger partial charge on any atom is -0.324 e. The Morgan fingerprint density at radius 2 is 2.43 bits per heavy atom. The summed E-state index contributed by atoms with van der Waals surface area (Å²) in [4.78, 5) is 15.3. The normalized spacial score (nSPS) is 9.86. The van der Waals surface area contributed by atoms with E-state index in [2.05, 4.69) is 31.5 Å². The third-order valence-electron chi connectivity index (χ3n) is 1.64. The summed E-state index contributed by atoms with van der Waals surface area (Å²) in [6.45, 7) is 0.670. The van der Waals surface area contributed by atoms with Gasteiger partial charge in [-0.2, -0.15) is 0 Å². The fourth-order valence-corrected chi connectivity index (χ4v) is 1.28. The van der Waals surface area contributed by atoms with Gasteiger partial charge in [0, 0.05) is 19.2 Å². The molecule has 1 aromatic heterocycles. The molecule has 0 saturated heterocycles. The van der Waals surface area contributed by atoms with Gasteiger partial charge in [-0.05, 0) is 35.1 Å². The molecule has 0 fully saturated rings. The summed E-state index contributed by atoms with van der Waals surface area (Å²) in [6.07, 6.45) is 2.12. The zero-order chi connectivity index (χ0) is 10.4. The lowest BCUT2D eigenvalue weighted by Crippen LogP contribution is -2.18. The molecule has 0 aliphatic carbocycles. The largest absolute Gasteiger partial charge is 0.324 e. The second-order valence-corrected chi connectivity index (χ2v) is 3.49. The molecule has 76 valence electrons. The van der Waals surface area contributed by atoms with Crippen LogP contribution in [-0.2, 0) is 4.79 Å². The standard InChI is InChI=1S/C9H12BrN3O/c1-11-6-4-8(14)13-7-3-2-5-12-9(7)10/h2-3,5,11H,4,6H2,1H3,(H,13,14). The number of halogens is 1. The number of aromatic nitrogens is 1. The molecular formula is C9H12BrN3O. The number of hydrogen-bond acceptors (Lipinski definition) is 3. The molecule has 0 radical (unpaired) electrons. The van der Waals surface area contributed by atoms with Crippen LogP contribution in [-0.4, -0.2) is 24.5 Å². The van der Waals surface area contributed by atoms with E-state index in [1.54, 1.807) is 18.3 Å². The average molecular weight is 258 g/mol. The number of carbonyl (C=O) groups excluding carboxylic acids is 1. The van der Waals surface area contributed by atoms with Gasteiger partial charge in [0.05, 0.1) is 5.69 Å². The average Bonchev–Trinajstić information content (AvgIpc) is 2.18. The van der Waals surface area contributed by atoms with Gasteiger partial charge in [0.15, 0.2) is 0 Å². The predicted octanol–water partition coefficient (Wildman–Crippen LogP) is 1.39. The molecule has 2 N–H and O–H groups in total. The van der Waals surface area contributed by atoms with Crippen molar-refractivity contribution in [1.29, 1.82) is 0 Å². The Kier molecular flexibility index (Phi) is 4.55. The van der Waals surface area contributed by atoms with Crippen molar-refractivity contribution in [3.05, 3.63) is 22.9 Å². The monoisotopic (exact) mass is 257 g/mol. The minimum atomic E-state index is -0.0203. The van der Waals surface area contributed by atoms with Crippen molar-refractivity contribution in [1.82, 2.24) is 10.3 Å². The van der Waals surface area contributed by atoms with Gasteiger partial charge in [-0.3, -0.25) is 4.79 Å². The number of nitrogens with one attached hydrogen (secondary N) is 2. The highest BCUT2D eigenvalue weighted by Gasteiger charge is 2.04. The fourth-order valence-electron chi connectivity index (χ4n) is 0.931. The van der Waals surface area contributed by atoms with Crippen LogP contribution < -0.4 is 10.6 Å². The smallest absolute Gasteiger partial charge is 0.225 e. The summed E-state index contributed by atoms with van der Waals surface area (Å²) in [7, 11) is 1.81. The molecule has 4 nitrogen and oxygen atoms in total. The Hall–Kier alpha value is -0.940. The maximum absolute atomic E-state index is 11.3. The fraction of sp³-hybridized carbons (Fsp3) is 0.333. The van der Waals surface area contributed by atoms with E-state index in [-0.39, 0.29) is 5.91 Å². The first-order valence-electron chi connectivity index (χ1n) is 4.29. The third-order valence-corrected chi connectivity index (χ3v) is 2.27. The van der Waals surface area contributed by atoms with Crippen LogP contribution >= 0.6 is 15.9 Å². The molecule has 1 heterocycles. The summed E-state index contributed by atoms with van der Waals surface area (Å²) in [6, 6.07) is 3.58. The van der Waals surface area contributed by atoms with Crippen molar-refractivity contribution < 1.29 is 4.79 Å². The van der Waals surface area contributed by atoms with E-state index >= 15 is 0 Å². The molecule has 1 amide bonds. The summed E-state index contributed by atoms with van der Waals surface area (Å²) in [5, 5.41) is 5.67. The highest BCUT2D eigenvalue weighted by molar-refractivity contribution is 9.10. The maximum atomic E-state index is 11.3. The van der Waals surface area contributed by atoms with Gasteiger partial charge >= 0.3 is 0 Å². The van der Waals surface area contributed by atoms with Crippen molar-refractivity contribution in [3.63, 3.8) is 0 Å². The molecule has 1 rings (SSSR count). The van der Waals surface area contributed by atoms with E-state index in [9.17, 15) is 4.79 Å². The summed E-state index contributed by atoms with van der Waals surface area (Å²) < 4.78 is 0.651. The first-order valence-corrected chi connectivity index (χ1v) is 5.08. The quantitative estimate of drug-likeness (QED) is 0.802. The highest BCUT2D eigenvalue weighted by atomic mass is 79.9. The van der Waals surface area contributed by atoms with E-state index in [1.165, 1.54) is 0 Å². The highest BCUT2D eigenvalue weighted by Crippen LogP contribution is 2.18. The van der Waals surface area contributed by atoms with Gasteiger partial charge in [0.25, 0.3) is 0 Å². The van der Waals surface area contributed by atoms with Crippen molar-refractivity contribution >= 4 is 27.5 Å². The van der Waals surface area contributed by atoms with Crippen LogP contribution in [0.25, 0.3) is 0 Å². The van der Waals surface area contributed by atoms with Crippen LogP contribution in [0.2, 0.25) is 0 Å². The molecule has 0 saturated carbocycles. The van der Waals surface area contributed by atoms with Crippen LogP contribution in [0, 0.1) is 0 Å². The Bertz CT molecular complexity index is 317. The molecule has 1 aromatic rings. The lowest BCUT2D eigenvalue weighted by molar-refractivity contribution is -0.116. The summed E-state index contributed by atoms with van der Waals surface area (Å²) >= 11 is 3.25. The van der Waals surface area contributed by atoms with Crippen molar-refractivity contribution in [3.8, 4) is 0 Å². The SMILES string of the molecule is CNCCC(=O)Nc1cccnc1Br. The van der Waals surface area contributed by atoms with Gasteiger partial charge in [0.2, 0.25) is 5.91 Å². The van der Waals surface area contributed by atoms with E-state index < -0.39 is 0 Å². The molecule has 14 heavy (non-hydrogen) atoms. The second-order valence-electron chi connectivity index (χ2n) is 2.74. The van der Waals surface area contributed by atoms with Gasteiger partial charge in [0.1, 0.15) is 4.60 Å². The molecule has 0 aliphatic heterocycles. The molecule has 0 aromatic carbocycles. The molecule has 0 spiro atoms. The number of pyridine rings is 1. The first kappa shape index (κ1) is 11.1. The second kappa shape index (κ2) is 5.72. The maximum Gasteiger partial charge on any atom is 0.225 e. The van der Waals surface area contributed by atoms with Crippen molar-refractivity contribution in [2.75, 3.05) is 18.9 Å². The molecule has 0 atom stereocenters. The summed E-state index contributed by atoms with van der Waals surface area (Å²) in [5.41, 5.74) is 0.702. The Morgan fingerprint density at radius 1 is 1.64 bits per heavy atom. The van der Waals surface area contributed by atoms with Crippen LogP contribution in [0.5, 0.6) is 0 Å². The number of amides is 1. The van der Waals surface area contributed by atoms with Crippen LogP contribution in [0.3, 0.4) is 0 Å². The topological polar surface area (TPSA) is 54.0 Å². The number of carbonyl (C=O) groups is 1. The third kappa shape index (κ3) is 3.43. The lowest BCUT2D eigenvalue weighted by Gasteiger charge is -2.05. The van der Waals surface area contributed by atoms with Crippen molar-refractivity contribution in [2.24, 2.45) is 0 Å². The van der Waals surface area contributed by atoms with Gasteiger partial charge in [-0.15, -0.1) is 0 Å². The zero-order valence-corrected chi connectivity index (χ0v) is 9.47. The number of rotatable bonds is 4. The molecular weight excluding hydrogens is 246 g/mol. The van der Waals surface area contributed by atoms with E-state index in [0.29, 0.717) is 23.3 Å². The number of hydrogen-bond donors (Lipinski definition) is 2. The van der Waals surface area contributed by atoms with E-state index in [4.69, 9.17) is 0 Å². The molecule has 0 unspecified atom stereocenters. The molecule has 5 heteroatoms. The zero-order valence-electron chi connectivity index (χ0n) is 7.88. The van der Waals surface area contributed by atoms with Crippen molar-refractivity contribution in [2.45, 2.75) is 6.42 Å². The first-order chi connectivity index (χ1) is 6.74. The summed E-state index contributed by atoms with van der Waals surface area (Å²) in [5.74, 6) is -0.0203. The Balaban J connectivity index is 2.52. The predicted molar refractivity (Wildman–Crippen MR) is 59.1 cm³/mol. The number of anilines is 1. The van der Waals surface area contributed by atoms with Gasteiger partial charge in [-0.25, -0.2) is 4.98 Å². The van der Waals surface area contributed by atoms with Gasteiger partial charge < -0.3 is 10.6 Å². The van der Waals surface area contributed by atoms with Crippen LogP contribution in [0.15, 0.2) is 22.9 Å². The lowest BCUT2D eigenvalue weighted by atomic mass is 10.3. The van der Waals surface area contributed by atoms with Gasteiger partial charge in [-0.1, -0.05) is 0 Å². The number of nitrogens with zero attached hydrogens (tertiary/aromatic N) is 1. The van der Waals surface area contributed by atoms with E-state index in [0.717, 1.165) is 0 Å². The van der Waals surface area contributed by atoms with E-state index in [1.807, 2.05) is 7.05 Å². The van der Waals surface area contributed by atoms with Crippen LogP contribution in [0.4, 0.5) is 5.69 Å². The minimum absolute atomic E-state index is 0.0203.